The fourth-order valence-electron chi connectivity index (χ4n) is 4.49. The summed E-state index contributed by atoms with van der Waals surface area (Å²) >= 11 is 0. The van der Waals surface area contributed by atoms with Gasteiger partial charge in [-0.3, -0.25) is 4.79 Å². The van der Waals surface area contributed by atoms with Gasteiger partial charge in [0.2, 0.25) is 0 Å². The normalized spacial score (nSPS) is 24.0. The van der Waals surface area contributed by atoms with Gasteiger partial charge < -0.3 is 19.3 Å². The van der Waals surface area contributed by atoms with Crippen molar-refractivity contribution in [3.8, 4) is 11.5 Å². The second-order valence-corrected chi connectivity index (χ2v) is 8.02. The molecule has 3 atom stereocenters. The number of phenolic OH excluding ortho intramolecular Hbond substituents is 1. The van der Waals surface area contributed by atoms with Crippen molar-refractivity contribution in [3.05, 3.63) is 71.2 Å². The van der Waals surface area contributed by atoms with E-state index in [0.29, 0.717) is 30.6 Å². The van der Waals surface area contributed by atoms with E-state index in [0.717, 1.165) is 5.56 Å². The molecule has 1 fully saturated rings. The van der Waals surface area contributed by atoms with E-state index in [2.05, 4.69) is 0 Å². The van der Waals surface area contributed by atoms with E-state index in [1.807, 2.05) is 37.3 Å². The van der Waals surface area contributed by atoms with Gasteiger partial charge in [0.25, 0.3) is 0 Å². The molecule has 0 aromatic heterocycles. The number of methoxy groups -OCH3 is 1. The van der Waals surface area contributed by atoms with E-state index < -0.39 is 11.4 Å². The average molecular weight is 412 g/mol. The molecule has 158 valence electrons. The molecule has 5 nitrogen and oxygen atoms in total. The van der Waals surface area contributed by atoms with Crippen LogP contribution in [-0.4, -0.2) is 30.4 Å². The zero-order valence-corrected chi connectivity index (χ0v) is 17.1. The molecule has 1 saturated heterocycles. The summed E-state index contributed by atoms with van der Waals surface area (Å²) in [5.74, 6) is -0.356. The Morgan fingerprint density at radius 2 is 2.07 bits per heavy atom. The van der Waals surface area contributed by atoms with Crippen LogP contribution in [0.1, 0.15) is 24.5 Å². The number of rotatable bonds is 6. The summed E-state index contributed by atoms with van der Waals surface area (Å²) in [6, 6.07) is 12.4. The lowest BCUT2D eigenvalue weighted by Crippen LogP contribution is -2.45. The third-order valence-corrected chi connectivity index (χ3v) is 6.17. The molecule has 0 unspecified atom stereocenters. The monoisotopic (exact) mass is 412 g/mol. The average Bonchev–Trinajstić information content (AvgIpc) is 3.15. The summed E-state index contributed by atoms with van der Waals surface area (Å²) < 4.78 is 31.2. The van der Waals surface area contributed by atoms with E-state index >= 15 is 0 Å². The van der Waals surface area contributed by atoms with Gasteiger partial charge in [-0.2, -0.15) is 0 Å². The maximum atomic E-state index is 14.6. The molecule has 0 bridgehead atoms. The predicted molar refractivity (Wildman–Crippen MR) is 109 cm³/mol. The molecule has 2 aliphatic rings. The SMILES string of the molecule is COc1cc(F)c(C[C@@H](C)[C@]23C[C@H](Cc4ccccc4)C(=O)C=C2OCO3)cc1O. The number of ether oxygens (including phenoxy) is 3. The third-order valence-electron chi connectivity index (χ3n) is 6.17. The van der Waals surface area contributed by atoms with Gasteiger partial charge in [-0.1, -0.05) is 37.3 Å². The number of hydrogen-bond donors (Lipinski definition) is 1. The Balaban J connectivity index is 1.60. The van der Waals surface area contributed by atoms with Gasteiger partial charge in [0.1, 0.15) is 17.2 Å². The van der Waals surface area contributed by atoms with Crippen LogP contribution in [-0.2, 0) is 27.1 Å². The number of carbonyl (C=O) groups excluding carboxylic acids is 1. The van der Waals surface area contributed by atoms with Gasteiger partial charge >= 0.3 is 0 Å². The van der Waals surface area contributed by atoms with Crippen LogP contribution in [0.5, 0.6) is 11.5 Å². The quantitative estimate of drug-likeness (QED) is 0.771. The number of carbonyl (C=O) groups is 1. The smallest absolute Gasteiger partial charge is 0.189 e. The largest absolute Gasteiger partial charge is 0.504 e. The molecule has 1 heterocycles. The molecular weight excluding hydrogens is 387 g/mol. The predicted octanol–water partition coefficient (Wildman–Crippen LogP) is 4.18. The second-order valence-electron chi connectivity index (χ2n) is 8.02. The Morgan fingerprint density at radius 3 is 2.80 bits per heavy atom. The van der Waals surface area contributed by atoms with Gasteiger partial charge in [0, 0.05) is 18.1 Å². The van der Waals surface area contributed by atoms with Crippen LogP contribution in [0.4, 0.5) is 4.39 Å². The molecule has 2 aromatic rings. The molecule has 30 heavy (non-hydrogen) atoms. The zero-order chi connectivity index (χ0) is 21.3. The fourth-order valence-corrected chi connectivity index (χ4v) is 4.49. The van der Waals surface area contributed by atoms with E-state index in [4.69, 9.17) is 14.2 Å². The first kappa shape index (κ1) is 20.4. The molecule has 1 aliphatic heterocycles. The van der Waals surface area contributed by atoms with Gasteiger partial charge in [0.05, 0.1) is 7.11 Å². The number of hydrogen-bond acceptors (Lipinski definition) is 5. The summed E-state index contributed by atoms with van der Waals surface area (Å²) in [5.41, 5.74) is 0.650. The number of fused-ring (bicyclic) bond motifs is 1. The van der Waals surface area contributed by atoms with Gasteiger partial charge in [0.15, 0.2) is 24.1 Å². The van der Waals surface area contributed by atoms with Crippen LogP contribution in [0, 0.1) is 17.7 Å². The minimum atomic E-state index is -0.796. The first-order valence-corrected chi connectivity index (χ1v) is 10.0. The van der Waals surface area contributed by atoms with Crippen LogP contribution >= 0.6 is 0 Å². The van der Waals surface area contributed by atoms with Crippen LogP contribution in [0.3, 0.4) is 0 Å². The standard InChI is InChI=1S/C24H25FO5/c1-15(8-17-10-21(27)22(28-2)11-19(17)25)24-13-18(9-16-6-4-3-5-7-16)20(26)12-23(24)29-14-30-24/h3-7,10-12,15,18,27H,8-9,13-14H2,1-2H3/t15-,18+,24-/m1/s1. The molecule has 0 saturated carbocycles. The minimum Gasteiger partial charge on any atom is -0.504 e. The Kier molecular flexibility index (Phi) is 5.52. The molecule has 0 amide bonds. The highest BCUT2D eigenvalue weighted by molar-refractivity contribution is 5.94. The summed E-state index contributed by atoms with van der Waals surface area (Å²) in [4.78, 5) is 12.7. The molecule has 4 rings (SSSR count). The maximum absolute atomic E-state index is 14.6. The van der Waals surface area contributed by atoms with Gasteiger partial charge in [-0.05, 0) is 42.4 Å². The molecule has 6 heteroatoms. The minimum absolute atomic E-state index is 0.0236. The summed E-state index contributed by atoms with van der Waals surface area (Å²) in [6.45, 7) is 2.02. The zero-order valence-electron chi connectivity index (χ0n) is 17.1. The number of ketones is 1. The number of aromatic hydroxyl groups is 1. The number of allylic oxidation sites excluding steroid dienone is 1. The van der Waals surface area contributed by atoms with Crippen molar-refractivity contribution >= 4 is 5.78 Å². The lowest BCUT2D eigenvalue weighted by molar-refractivity contribution is -0.123. The van der Waals surface area contributed by atoms with Crippen molar-refractivity contribution in [2.75, 3.05) is 13.9 Å². The summed E-state index contributed by atoms with van der Waals surface area (Å²) in [7, 11) is 1.38. The van der Waals surface area contributed by atoms with Crippen molar-refractivity contribution in [1.29, 1.82) is 0 Å². The maximum Gasteiger partial charge on any atom is 0.189 e. The number of benzene rings is 2. The molecule has 1 aliphatic carbocycles. The van der Waals surface area contributed by atoms with Crippen molar-refractivity contribution in [3.63, 3.8) is 0 Å². The molecule has 1 N–H and O–H groups in total. The van der Waals surface area contributed by atoms with Crippen molar-refractivity contribution in [2.45, 2.75) is 31.8 Å². The van der Waals surface area contributed by atoms with Crippen LogP contribution in [0.15, 0.2) is 54.3 Å². The topological polar surface area (TPSA) is 65.0 Å². The van der Waals surface area contributed by atoms with Crippen molar-refractivity contribution in [1.82, 2.24) is 0 Å². The Hall–Kier alpha value is -2.86. The highest BCUT2D eigenvalue weighted by Crippen LogP contribution is 2.46. The van der Waals surface area contributed by atoms with Crippen molar-refractivity contribution in [2.24, 2.45) is 11.8 Å². The number of halogens is 1. The second kappa shape index (κ2) is 8.11. The highest BCUT2D eigenvalue weighted by atomic mass is 19.1. The summed E-state index contributed by atoms with van der Waals surface area (Å²) in [5, 5.41) is 10.1. The third kappa shape index (κ3) is 3.67. The van der Waals surface area contributed by atoms with Crippen molar-refractivity contribution < 1.29 is 28.5 Å². The molecule has 0 radical (unpaired) electrons. The van der Waals surface area contributed by atoms with Crippen LogP contribution < -0.4 is 4.74 Å². The number of phenols is 1. The van der Waals surface area contributed by atoms with Gasteiger partial charge in [-0.15, -0.1) is 0 Å². The Labute approximate surface area is 175 Å². The lowest BCUT2D eigenvalue weighted by atomic mass is 9.71. The Morgan fingerprint density at radius 1 is 1.30 bits per heavy atom. The van der Waals surface area contributed by atoms with Crippen LogP contribution in [0.25, 0.3) is 0 Å². The van der Waals surface area contributed by atoms with E-state index in [-0.39, 0.29) is 35.9 Å². The highest BCUT2D eigenvalue weighted by Gasteiger charge is 2.52. The fraction of sp³-hybridized carbons (Fsp3) is 0.375. The molecule has 0 spiro atoms. The molecular formula is C24H25FO5. The first-order chi connectivity index (χ1) is 14.4. The summed E-state index contributed by atoms with van der Waals surface area (Å²) in [6.07, 6.45) is 2.94. The Bertz CT molecular complexity index is 971. The van der Waals surface area contributed by atoms with Gasteiger partial charge in [-0.25, -0.2) is 4.39 Å². The van der Waals surface area contributed by atoms with E-state index in [1.165, 1.54) is 19.2 Å². The lowest BCUT2D eigenvalue weighted by Gasteiger charge is -2.38. The van der Waals surface area contributed by atoms with E-state index in [9.17, 15) is 14.3 Å². The van der Waals surface area contributed by atoms with Crippen LogP contribution in [0.2, 0.25) is 0 Å². The first-order valence-electron chi connectivity index (χ1n) is 10.0. The molecule has 2 aromatic carbocycles. The van der Waals surface area contributed by atoms with E-state index in [1.54, 1.807) is 6.08 Å².